The summed E-state index contributed by atoms with van der Waals surface area (Å²) in [6, 6.07) is 14.8. The molecule has 1 aliphatic heterocycles. The van der Waals surface area contributed by atoms with Gasteiger partial charge >= 0.3 is 5.97 Å². The molecule has 0 N–H and O–H groups in total. The van der Waals surface area contributed by atoms with Crippen LogP contribution in [0.25, 0.3) is 10.6 Å². The number of halogens is 1. The lowest BCUT2D eigenvalue weighted by Gasteiger charge is -2.23. The number of amides is 1. The molecule has 0 aliphatic carbocycles. The van der Waals surface area contributed by atoms with Crippen molar-refractivity contribution in [2.75, 3.05) is 12.0 Å². The van der Waals surface area contributed by atoms with Crippen molar-refractivity contribution in [2.45, 2.75) is 18.9 Å². The summed E-state index contributed by atoms with van der Waals surface area (Å²) in [5.74, 6) is -0.566. The molecule has 1 atom stereocenters. The molecule has 3 aromatic rings. The van der Waals surface area contributed by atoms with Crippen molar-refractivity contribution in [2.24, 2.45) is 0 Å². The first-order valence-electron chi connectivity index (χ1n) is 8.75. The molecule has 1 amide bonds. The fourth-order valence-electron chi connectivity index (χ4n) is 3.40. The van der Waals surface area contributed by atoms with Crippen molar-refractivity contribution in [3.63, 3.8) is 0 Å². The molecule has 4 rings (SSSR count). The number of fused-ring (bicyclic) bond motifs is 1. The fraction of sp³-hybridized carbons (Fsp3) is 0.190. The first-order valence-corrected chi connectivity index (χ1v) is 10.4. The minimum atomic E-state index is -0.627. The van der Waals surface area contributed by atoms with E-state index < -0.39 is 12.0 Å². The van der Waals surface area contributed by atoms with Crippen LogP contribution in [0, 0.1) is 0 Å². The van der Waals surface area contributed by atoms with E-state index in [0.29, 0.717) is 12.1 Å². The second-order valence-corrected chi connectivity index (χ2v) is 8.24. The molecule has 0 saturated heterocycles. The van der Waals surface area contributed by atoms with Gasteiger partial charge in [-0.15, -0.1) is 11.3 Å². The summed E-state index contributed by atoms with van der Waals surface area (Å²) in [7, 11) is 1.35. The molecule has 0 radical (unpaired) electrons. The highest BCUT2D eigenvalue weighted by Gasteiger charge is 2.38. The van der Waals surface area contributed by atoms with Crippen LogP contribution in [0.2, 0.25) is 0 Å². The molecular weight excluding hydrogens is 440 g/mol. The van der Waals surface area contributed by atoms with Gasteiger partial charge in [-0.3, -0.25) is 9.69 Å². The van der Waals surface area contributed by atoms with Gasteiger partial charge in [-0.1, -0.05) is 46.3 Å². The molecule has 7 heteroatoms. The van der Waals surface area contributed by atoms with Crippen molar-refractivity contribution in [1.29, 1.82) is 0 Å². The number of hydrogen-bond donors (Lipinski definition) is 0. The predicted molar refractivity (Wildman–Crippen MR) is 112 cm³/mol. The zero-order chi connectivity index (χ0) is 19.7. The molecule has 28 heavy (non-hydrogen) atoms. The van der Waals surface area contributed by atoms with Gasteiger partial charge < -0.3 is 4.74 Å². The number of carbonyl (C=O) groups excluding carboxylic acids is 2. The molecule has 2 aromatic carbocycles. The van der Waals surface area contributed by atoms with E-state index in [1.165, 1.54) is 18.4 Å². The number of benzene rings is 2. The van der Waals surface area contributed by atoms with Crippen molar-refractivity contribution < 1.29 is 14.3 Å². The lowest BCUT2D eigenvalue weighted by atomic mass is 10.1. The van der Waals surface area contributed by atoms with Crippen LogP contribution in [0.4, 0.5) is 5.69 Å². The summed E-state index contributed by atoms with van der Waals surface area (Å²) in [4.78, 5) is 31.5. The summed E-state index contributed by atoms with van der Waals surface area (Å²) in [6.45, 7) is 0. The van der Waals surface area contributed by atoms with E-state index in [0.717, 1.165) is 26.3 Å². The standard InChI is InChI=1S/C21H17BrN2O3S/c1-27-21(26)18-10-13-5-2-3-8-17(13)24(18)19(25)11-16-12-28-20(23-16)14-6-4-7-15(22)9-14/h2-9,12,18H,10-11H2,1H3/t18-/m0/s1. The summed E-state index contributed by atoms with van der Waals surface area (Å²) in [6.07, 6.45) is 0.598. The molecule has 1 aliphatic rings. The Morgan fingerprint density at radius 3 is 2.86 bits per heavy atom. The zero-order valence-corrected chi connectivity index (χ0v) is 17.5. The molecule has 0 spiro atoms. The van der Waals surface area contributed by atoms with E-state index in [1.54, 1.807) is 4.90 Å². The summed E-state index contributed by atoms with van der Waals surface area (Å²) >= 11 is 4.96. The third kappa shape index (κ3) is 3.59. The van der Waals surface area contributed by atoms with Crippen molar-refractivity contribution in [1.82, 2.24) is 4.98 Å². The largest absolute Gasteiger partial charge is 0.467 e. The molecule has 1 aromatic heterocycles. The van der Waals surface area contributed by atoms with Gasteiger partial charge in [-0.25, -0.2) is 9.78 Å². The highest BCUT2D eigenvalue weighted by Crippen LogP contribution is 2.33. The highest BCUT2D eigenvalue weighted by atomic mass is 79.9. The topological polar surface area (TPSA) is 59.5 Å². The van der Waals surface area contributed by atoms with Gasteiger partial charge in [0.15, 0.2) is 0 Å². The molecule has 2 heterocycles. The highest BCUT2D eigenvalue weighted by molar-refractivity contribution is 9.10. The third-order valence-corrected chi connectivity index (χ3v) is 6.11. The van der Waals surface area contributed by atoms with Crippen LogP contribution in [0.3, 0.4) is 0 Å². The Morgan fingerprint density at radius 1 is 1.25 bits per heavy atom. The van der Waals surface area contributed by atoms with Gasteiger partial charge in [0.25, 0.3) is 0 Å². The number of thiazole rings is 1. The lowest BCUT2D eigenvalue weighted by Crippen LogP contribution is -2.44. The first-order chi connectivity index (χ1) is 13.6. The summed E-state index contributed by atoms with van der Waals surface area (Å²) < 4.78 is 5.90. The quantitative estimate of drug-likeness (QED) is 0.550. The number of anilines is 1. The van der Waals surface area contributed by atoms with Gasteiger partial charge in [-0.05, 0) is 23.8 Å². The second kappa shape index (κ2) is 7.85. The van der Waals surface area contributed by atoms with Gasteiger partial charge in [0.2, 0.25) is 5.91 Å². The smallest absolute Gasteiger partial charge is 0.329 e. The van der Waals surface area contributed by atoms with Crippen LogP contribution in [-0.4, -0.2) is 30.0 Å². The first kappa shape index (κ1) is 18.8. The second-order valence-electron chi connectivity index (χ2n) is 6.47. The van der Waals surface area contributed by atoms with Crippen LogP contribution in [0.5, 0.6) is 0 Å². The predicted octanol–water partition coefficient (Wildman–Crippen LogP) is 4.25. The molecule has 142 valence electrons. The van der Waals surface area contributed by atoms with Gasteiger partial charge in [-0.2, -0.15) is 0 Å². The molecule has 5 nitrogen and oxygen atoms in total. The number of methoxy groups -OCH3 is 1. The normalized spacial score (nSPS) is 15.4. The Bertz CT molecular complexity index is 1050. The third-order valence-electron chi connectivity index (χ3n) is 4.67. The number of carbonyl (C=O) groups is 2. The lowest BCUT2D eigenvalue weighted by molar-refractivity contribution is -0.143. The number of aromatic nitrogens is 1. The maximum Gasteiger partial charge on any atom is 0.329 e. The maximum atomic E-state index is 13.1. The average Bonchev–Trinajstić information content (AvgIpc) is 3.32. The number of hydrogen-bond acceptors (Lipinski definition) is 5. The van der Waals surface area contributed by atoms with Gasteiger partial charge in [0.1, 0.15) is 11.0 Å². The van der Waals surface area contributed by atoms with E-state index in [9.17, 15) is 9.59 Å². The minimum absolute atomic E-state index is 0.131. The van der Waals surface area contributed by atoms with Crippen LogP contribution < -0.4 is 4.90 Å². The number of para-hydroxylation sites is 1. The van der Waals surface area contributed by atoms with Crippen LogP contribution in [0.15, 0.2) is 58.4 Å². The average molecular weight is 457 g/mol. The molecule has 0 fully saturated rings. The van der Waals surface area contributed by atoms with E-state index in [-0.39, 0.29) is 12.3 Å². The van der Waals surface area contributed by atoms with E-state index in [1.807, 2.05) is 53.9 Å². The Kier molecular flexibility index (Phi) is 5.28. The number of esters is 1. The molecular formula is C21H17BrN2O3S. The minimum Gasteiger partial charge on any atom is -0.467 e. The van der Waals surface area contributed by atoms with Crippen LogP contribution >= 0.6 is 27.3 Å². The van der Waals surface area contributed by atoms with E-state index in [4.69, 9.17) is 4.74 Å². The Balaban J connectivity index is 1.58. The van der Waals surface area contributed by atoms with Crippen molar-refractivity contribution >= 4 is 44.8 Å². The monoisotopic (exact) mass is 456 g/mol. The fourth-order valence-corrected chi connectivity index (χ4v) is 4.62. The summed E-state index contributed by atoms with van der Waals surface area (Å²) in [5, 5.41) is 2.75. The van der Waals surface area contributed by atoms with Crippen molar-refractivity contribution in [3.05, 3.63) is 69.6 Å². The maximum absolute atomic E-state index is 13.1. The van der Waals surface area contributed by atoms with Gasteiger partial charge in [0, 0.05) is 27.5 Å². The summed E-state index contributed by atoms with van der Waals surface area (Å²) in [5.41, 5.74) is 3.43. The number of nitrogens with zero attached hydrogens (tertiary/aromatic N) is 2. The van der Waals surface area contributed by atoms with E-state index >= 15 is 0 Å². The van der Waals surface area contributed by atoms with Gasteiger partial charge in [0.05, 0.1) is 19.2 Å². The Hall–Kier alpha value is -2.51. The van der Waals surface area contributed by atoms with Crippen LogP contribution in [-0.2, 0) is 27.2 Å². The zero-order valence-electron chi connectivity index (χ0n) is 15.1. The van der Waals surface area contributed by atoms with Crippen molar-refractivity contribution in [3.8, 4) is 10.6 Å². The van der Waals surface area contributed by atoms with Crippen LogP contribution in [0.1, 0.15) is 11.3 Å². The SMILES string of the molecule is COC(=O)[C@@H]1Cc2ccccc2N1C(=O)Cc1csc(-c2cccc(Br)c2)n1. The van der Waals surface area contributed by atoms with E-state index in [2.05, 4.69) is 20.9 Å². The Labute approximate surface area is 175 Å². The molecule has 0 unspecified atom stereocenters. The molecule has 0 saturated carbocycles. The number of ether oxygens (including phenoxy) is 1. The molecule has 0 bridgehead atoms. The Morgan fingerprint density at radius 2 is 2.07 bits per heavy atom. The number of rotatable bonds is 4.